The zero-order chi connectivity index (χ0) is 43.1. The summed E-state index contributed by atoms with van der Waals surface area (Å²) in [4.78, 5) is 0. The van der Waals surface area contributed by atoms with Crippen molar-refractivity contribution in [3.8, 4) is 33.4 Å². The molecule has 0 saturated carbocycles. The predicted octanol–water partition coefficient (Wildman–Crippen LogP) is 16.0. The minimum atomic E-state index is -1.40. The van der Waals surface area contributed by atoms with E-state index in [2.05, 4.69) is 203 Å². The van der Waals surface area contributed by atoms with Crippen molar-refractivity contribution in [1.29, 1.82) is 0 Å². The van der Waals surface area contributed by atoms with Crippen LogP contribution in [0, 0.1) is 0 Å². The topological polar surface area (TPSA) is 40.5 Å². The Hall–Kier alpha value is -4.38. The number of hydrogen-bond acceptors (Lipinski definition) is 4. The van der Waals surface area contributed by atoms with Crippen molar-refractivity contribution >= 4 is 123 Å². The molecule has 2 aromatic heterocycles. The first kappa shape index (κ1) is 41.6. The Balaban J connectivity index is 0.000000119. The third-order valence-electron chi connectivity index (χ3n) is 12.6. The third kappa shape index (κ3) is 7.22. The predicted molar refractivity (Wildman–Crippen MR) is 279 cm³/mol. The average Bonchev–Trinajstić information content (AvgIpc) is 3.96. The molecule has 8 aromatic carbocycles. The SMILES string of the molecule is CC1(C)c2cc(Br)ccc2-c2ccc(-c3ccc4sc5ccccc5c4c3)cc21.CC1(C)c2cc(Br)ccc2-c2ccc(Br)cc21.OB(O)c1ccc2sc3ccccc3c2c1. The first-order valence-corrected chi connectivity index (χ1v) is 24.5. The highest BCUT2D eigenvalue weighted by atomic mass is 79.9. The van der Waals surface area contributed by atoms with Crippen LogP contribution in [0.5, 0.6) is 0 Å². The number of hydrogen-bond donors (Lipinski definition) is 2. The van der Waals surface area contributed by atoms with Gasteiger partial charge in [0.2, 0.25) is 0 Å². The Labute approximate surface area is 395 Å². The molecule has 2 N–H and O–H groups in total. The molecule has 10 aromatic rings. The molecule has 304 valence electrons. The quantitative estimate of drug-likeness (QED) is 0.169. The molecule has 0 bridgehead atoms. The van der Waals surface area contributed by atoms with Crippen molar-refractivity contribution in [2.45, 2.75) is 38.5 Å². The van der Waals surface area contributed by atoms with Gasteiger partial charge in [0.05, 0.1) is 0 Å². The molecule has 2 aliphatic rings. The maximum Gasteiger partial charge on any atom is 0.488 e. The number of thiophene rings is 2. The van der Waals surface area contributed by atoms with Crippen LogP contribution in [0.25, 0.3) is 73.7 Å². The molecule has 0 saturated heterocycles. The molecule has 12 rings (SSSR count). The summed E-state index contributed by atoms with van der Waals surface area (Å²) in [5.41, 5.74) is 14.3. The Morgan fingerprint density at radius 1 is 0.387 bits per heavy atom. The Kier molecular flexibility index (Phi) is 10.7. The minimum Gasteiger partial charge on any atom is -0.423 e. The van der Waals surface area contributed by atoms with E-state index in [1.165, 1.54) is 90.6 Å². The van der Waals surface area contributed by atoms with Crippen LogP contribution in [0.1, 0.15) is 49.9 Å². The second-order valence-electron chi connectivity index (χ2n) is 17.1. The number of fused-ring (bicyclic) bond motifs is 12. The molecule has 62 heavy (non-hydrogen) atoms. The van der Waals surface area contributed by atoms with Gasteiger partial charge in [0.15, 0.2) is 0 Å². The smallest absolute Gasteiger partial charge is 0.423 e. The van der Waals surface area contributed by atoms with E-state index in [1.54, 1.807) is 17.4 Å². The monoisotopic (exact) mass is 1030 g/mol. The molecule has 2 heterocycles. The summed E-state index contributed by atoms with van der Waals surface area (Å²) >= 11 is 14.4. The maximum absolute atomic E-state index is 9.15. The lowest BCUT2D eigenvalue weighted by atomic mass is 9.80. The van der Waals surface area contributed by atoms with Crippen molar-refractivity contribution in [3.05, 3.63) is 193 Å². The summed E-state index contributed by atoms with van der Waals surface area (Å²) in [6.45, 7) is 9.25. The number of halogens is 3. The molecule has 0 spiro atoms. The van der Waals surface area contributed by atoms with Crippen molar-refractivity contribution in [2.24, 2.45) is 0 Å². The van der Waals surface area contributed by atoms with E-state index < -0.39 is 7.12 Å². The van der Waals surface area contributed by atoms with E-state index in [0.29, 0.717) is 5.46 Å². The fourth-order valence-electron chi connectivity index (χ4n) is 9.38. The summed E-state index contributed by atoms with van der Waals surface area (Å²) in [5.74, 6) is 0. The molecular weight excluding hydrogens is 995 g/mol. The molecule has 8 heteroatoms. The van der Waals surface area contributed by atoms with E-state index in [9.17, 15) is 0 Å². The first-order valence-electron chi connectivity index (χ1n) is 20.5. The van der Waals surface area contributed by atoms with Crippen molar-refractivity contribution in [2.75, 3.05) is 0 Å². The lowest BCUT2D eigenvalue weighted by Gasteiger charge is -2.22. The molecule has 0 atom stereocenters. The van der Waals surface area contributed by atoms with Gasteiger partial charge in [-0.15, -0.1) is 22.7 Å². The average molecular weight is 1040 g/mol. The van der Waals surface area contributed by atoms with Crippen LogP contribution in [0.15, 0.2) is 171 Å². The number of rotatable bonds is 2. The zero-order valence-corrected chi connectivity index (χ0v) is 40.8. The van der Waals surface area contributed by atoms with Crippen LogP contribution < -0.4 is 5.46 Å². The van der Waals surface area contributed by atoms with E-state index in [4.69, 9.17) is 10.0 Å². The molecule has 0 radical (unpaired) electrons. The molecule has 2 nitrogen and oxygen atoms in total. The standard InChI is InChI=1S/C27H19BrS.C15H12Br2.C12H9BO2S/c1-27(2)23-14-17(7-10-19(23)20-11-9-18(28)15-24(20)27)16-8-12-26-22(13-16)21-5-3-4-6-25(21)29-26;1-15(2)13-7-9(16)3-5-11(13)12-6-4-10(17)8-14(12)15;14-13(15)8-5-6-12-10(7-8)9-3-1-2-4-11(9)16-12/h3-15H,1-2H3;3-8H,1-2H3;1-7,14-15H. The Bertz CT molecular complexity index is 3350. The van der Waals surface area contributed by atoms with Gasteiger partial charge in [0.1, 0.15) is 0 Å². The molecule has 0 unspecified atom stereocenters. The van der Waals surface area contributed by atoms with Gasteiger partial charge in [0.25, 0.3) is 0 Å². The van der Waals surface area contributed by atoms with Gasteiger partial charge in [-0.05, 0) is 139 Å². The van der Waals surface area contributed by atoms with Crippen LogP contribution in [-0.4, -0.2) is 17.2 Å². The first-order chi connectivity index (χ1) is 29.8. The highest BCUT2D eigenvalue weighted by molar-refractivity contribution is 9.11. The van der Waals surface area contributed by atoms with E-state index in [-0.39, 0.29) is 10.8 Å². The molecule has 2 aliphatic carbocycles. The second-order valence-corrected chi connectivity index (χ2v) is 22.0. The van der Waals surface area contributed by atoms with Crippen molar-refractivity contribution in [1.82, 2.24) is 0 Å². The zero-order valence-electron chi connectivity index (χ0n) is 34.4. The summed E-state index contributed by atoms with van der Waals surface area (Å²) < 4.78 is 8.55. The lowest BCUT2D eigenvalue weighted by molar-refractivity contribution is 0.426. The van der Waals surface area contributed by atoms with E-state index >= 15 is 0 Å². The van der Waals surface area contributed by atoms with Crippen molar-refractivity contribution in [3.63, 3.8) is 0 Å². The van der Waals surface area contributed by atoms with Crippen molar-refractivity contribution < 1.29 is 10.0 Å². The lowest BCUT2D eigenvalue weighted by Crippen LogP contribution is -2.29. The highest BCUT2D eigenvalue weighted by Crippen LogP contribution is 2.52. The largest absolute Gasteiger partial charge is 0.488 e. The van der Waals surface area contributed by atoms with Gasteiger partial charge >= 0.3 is 7.12 Å². The van der Waals surface area contributed by atoms with Crippen LogP contribution in [0.4, 0.5) is 0 Å². The number of benzene rings is 8. The van der Waals surface area contributed by atoms with E-state index in [0.717, 1.165) is 18.8 Å². The minimum absolute atomic E-state index is 0.00361. The Morgan fingerprint density at radius 2 is 0.758 bits per heavy atom. The fraction of sp³-hybridized carbons (Fsp3) is 0.111. The van der Waals surface area contributed by atoms with Gasteiger partial charge in [-0.3, -0.25) is 0 Å². The van der Waals surface area contributed by atoms with Crippen LogP contribution in [0.2, 0.25) is 0 Å². The maximum atomic E-state index is 9.15. The van der Waals surface area contributed by atoms with Gasteiger partial charge in [0, 0.05) is 59.2 Å². The normalized spacial score (nSPS) is 13.8. The second kappa shape index (κ2) is 16.0. The van der Waals surface area contributed by atoms with Crippen LogP contribution in [0.3, 0.4) is 0 Å². The highest BCUT2D eigenvalue weighted by Gasteiger charge is 2.36. The molecule has 0 aliphatic heterocycles. The van der Waals surface area contributed by atoms with E-state index in [1.807, 2.05) is 35.6 Å². The van der Waals surface area contributed by atoms with Gasteiger partial charge < -0.3 is 10.0 Å². The molecular formula is C54H40BBr3O2S2. The fourth-order valence-corrected chi connectivity index (χ4v) is 12.6. The van der Waals surface area contributed by atoms with Gasteiger partial charge in [-0.1, -0.05) is 160 Å². The summed E-state index contributed by atoms with van der Waals surface area (Å²) in [6.07, 6.45) is 0. The molecule has 0 amide bonds. The summed E-state index contributed by atoms with van der Waals surface area (Å²) in [5, 5.41) is 23.3. The Morgan fingerprint density at radius 3 is 1.24 bits per heavy atom. The van der Waals surface area contributed by atoms with Crippen LogP contribution >= 0.6 is 70.5 Å². The van der Waals surface area contributed by atoms with Crippen LogP contribution in [-0.2, 0) is 10.8 Å². The summed E-state index contributed by atoms with van der Waals surface area (Å²) in [6, 6.07) is 56.1. The summed E-state index contributed by atoms with van der Waals surface area (Å²) in [7, 11) is -1.40. The third-order valence-corrected chi connectivity index (χ3v) is 16.4. The van der Waals surface area contributed by atoms with Gasteiger partial charge in [-0.25, -0.2) is 0 Å². The molecule has 0 fully saturated rings. The van der Waals surface area contributed by atoms with Gasteiger partial charge in [-0.2, -0.15) is 0 Å².